The largest absolute Gasteiger partial charge is 0.447 e. The van der Waals surface area contributed by atoms with Crippen LogP contribution in [0.2, 0.25) is 5.02 Å². The van der Waals surface area contributed by atoms with Crippen molar-refractivity contribution in [3.8, 4) is 0 Å². The van der Waals surface area contributed by atoms with Gasteiger partial charge in [-0.1, -0.05) is 61.0 Å². The minimum atomic E-state index is -0.211. The third-order valence-corrected chi connectivity index (χ3v) is 5.45. The van der Waals surface area contributed by atoms with E-state index < -0.39 is 0 Å². The van der Waals surface area contributed by atoms with E-state index in [4.69, 9.17) is 16.0 Å². The number of nitrogens with zero attached hydrogens (tertiary/aromatic N) is 2. The van der Waals surface area contributed by atoms with E-state index in [-0.39, 0.29) is 18.0 Å². The van der Waals surface area contributed by atoms with E-state index >= 15 is 0 Å². The molecule has 1 N–H and O–H groups in total. The minimum Gasteiger partial charge on any atom is -0.447 e. The summed E-state index contributed by atoms with van der Waals surface area (Å²) < 4.78 is 5.64. The van der Waals surface area contributed by atoms with Gasteiger partial charge in [0.2, 0.25) is 5.89 Å². The number of rotatable bonds is 9. The summed E-state index contributed by atoms with van der Waals surface area (Å²) in [7, 11) is 0. The Labute approximate surface area is 183 Å². The summed E-state index contributed by atoms with van der Waals surface area (Å²) in [6.45, 7) is 7.29. The van der Waals surface area contributed by atoms with Crippen LogP contribution < -0.4 is 5.32 Å². The molecule has 30 heavy (non-hydrogen) atoms. The van der Waals surface area contributed by atoms with Gasteiger partial charge in [-0.05, 0) is 43.5 Å². The van der Waals surface area contributed by atoms with Gasteiger partial charge in [-0.15, -0.1) is 0 Å². The maximum absolute atomic E-state index is 12.3. The maximum atomic E-state index is 12.3. The topological polar surface area (TPSA) is 58.4 Å². The van der Waals surface area contributed by atoms with Crippen molar-refractivity contribution in [3.63, 3.8) is 0 Å². The van der Waals surface area contributed by atoms with Crippen molar-refractivity contribution in [2.45, 2.75) is 52.4 Å². The molecule has 3 aromatic rings. The third kappa shape index (κ3) is 5.94. The van der Waals surface area contributed by atoms with Gasteiger partial charge in [0.15, 0.2) is 5.69 Å². The van der Waals surface area contributed by atoms with Crippen molar-refractivity contribution in [2.24, 2.45) is 0 Å². The summed E-state index contributed by atoms with van der Waals surface area (Å²) in [4.78, 5) is 19.0. The van der Waals surface area contributed by atoms with E-state index in [1.54, 1.807) is 0 Å². The Morgan fingerprint density at radius 2 is 1.90 bits per heavy atom. The fourth-order valence-corrected chi connectivity index (χ4v) is 3.42. The number of carbonyl (C=O) groups is 1. The average molecular weight is 426 g/mol. The Balaban J connectivity index is 1.79. The first-order valence-corrected chi connectivity index (χ1v) is 10.6. The van der Waals surface area contributed by atoms with Crippen LogP contribution in [0.15, 0.2) is 65.3 Å². The first-order chi connectivity index (χ1) is 14.5. The number of oxazole rings is 1. The van der Waals surface area contributed by atoms with E-state index in [1.807, 2.05) is 50.2 Å². The van der Waals surface area contributed by atoms with Crippen molar-refractivity contribution in [3.05, 3.63) is 88.6 Å². The second-order valence-corrected chi connectivity index (χ2v) is 7.97. The molecule has 2 atom stereocenters. The van der Waals surface area contributed by atoms with Gasteiger partial charge >= 0.3 is 0 Å². The van der Waals surface area contributed by atoms with Crippen LogP contribution >= 0.6 is 11.6 Å². The number of aromatic nitrogens is 1. The average Bonchev–Trinajstić information content (AvgIpc) is 3.22. The lowest BCUT2D eigenvalue weighted by atomic mass is 10.1. The summed E-state index contributed by atoms with van der Waals surface area (Å²) in [6, 6.07) is 18.3. The summed E-state index contributed by atoms with van der Waals surface area (Å²) in [5, 5.41) is 3.63. The molecule has 0 unspecified atom stereocenters. The number of hydrogen-bond donors (Lipinski definition) is 1. The molecule has 0 spiro atoms. The zero-order valence-corrected chi connectivity index (χ0v) is 18.4. The fraction of sp³-hybridized carbons (Fsp3) is 0.333. The van der Waals surface area contributed by atoms with E-state index in [9.17, 15) is 4.79 Å². The van der Waals surface area contributed by atoms with Gasteiger partial charge < -0.3 is 9.73 Å². The fourth-order valence-electron chi connectivity index (χ4n) is 3.20. The maximum Gasteiger partial charge on any atom is 0.273 e. The quantitative estimate of drug-likeness (QED) is 0.483. The van der Waals surface area contributed by atoms with Crippen LogP contribution in [0.25, 0.3) is 0 Å². The minimum absolute atomic E-state index is 0.0927. The lowest BCUT2D eigenvalue weighted by Gasteiger charge is -2.28. The normalized spacial score (nSPS) is 13.2. The van der Waals surface area contributed by atoms with Gasteiger partial charge in [-0.3, -0.25) is 9.69 Å². The number of carbonyl (C=O) groups excluding carboxylic acids is 1. The van der Waals surface area contributed by atoms with Crippen LogP contribution in [0.1, 0.15) is 60.7 Å². The van der Waals surface area contributed by atoms with Crippen molar-refractivity contribution < 1.29 is 9.21 Å². The highest BCUT2D eigenvalue weighted by Crippen LogP contribution is 2.25. The molecular weight excluding hydrogens is 398 g/mol. The van der Waals surface area contributed by atoms with Crippen LogP contribution in [0.4, 0.5) is 0 Å². The number of nitrogens with one attached hydrogen (secondary N) is 1. The molecule has 3 rings (SSSR count). The Morgan fingerprint density at radius 1 is 1.13 bits per heavy atom. The van der Waals surface area contributed by atoms with Crippen LogP contribution in [-0.2, 0) is 13.1 Å². The molecule has 0 aliphatic carbocycles. The number of halogens is 1. The lowest BCUT2D eigenvalue weighted by molar-refractivity contribution is 0.0934. The monoisotopic (exact) mass is 425 g/mol. The predicted molar refractivity (Wildman–Crippen MR) is 119 cm³/mol. The standard InChI is InChI=1S/C24H28ClN3O2/c1-4-17(2)26-24(29)22-16-30-23(27-22)15-28(14-19-9-8-12-21(25)13-19)18(3)20-10-6-5-7-11-20/h5-13,16-18H,4,14-15H2,1-3H3,(H,26,29)/t17-,18-/m1/s1. The molecule has 0 radical (unpaired) electrons. The number of amides is 1. The number of hydrogen-bond acceptors (Lipinski definition) is 4. The van der Waals surface area contributed by atoms with Gasteiger partial charge in [-0.25, -0.2) is 4.98 Å². The van der Waals surface area contributed by atoms with Crippen LogP contribution in [-0.4, -0.2) is 21.8 Å². The smallest absolute Gasteiger partial charge is 0.273 e. The molecule has 0 saturated carbocycles. The molecule has 6 heteroatoms. The Kier molecular flexibility index (Phi) is 7.66. The third-order valence-electron chi connectivity index (χ3n) is 5.22. The zero-order valence-electron chi connectivity index (χ0n) is 17.6. The highest BCUT2D eigenvalue weighted by molar-refractivity contribution is 6.30. The SMILES string of the molecule is CC[C@@H](C)NC(=O)c1coc(CN(Cc2cccc(Cl)c2)[C@H](C)c2ccccc2)n1. The van der Waals surface area contributed by atoms with Gasteiger partial charge in [0.05, 0.1) is 6.54 Å². The van der Waals surface area contributed by atoms with E-state index in [1.165, 1.54) is 11.8 Å². The van der Waals surface area contributed by atoms with E-state index in [0.29, 0.717) is 29.7 Å². The van der Waals surface area contributed by atoms with Gasteiger partial charge in [0.1, 0.15) is 6.26 Å². The summed E-state index contributed by atoms with van der Waals surface area (Å²) in [6.07, 6.45) is 2.29. The molecule has 0 aliphatic heterocycles. The highest BCUT2D eigenvalue weighted by atomic mass is 35.5. The second-order valence-electron chi connectivity index (χ2n) is 7.53. The molecule has 0 fully saturated rings. The summed E-state index contributed by atoms with van der Waals surface area (Å²) in [5.74, 6) is 0.297. The Bertz CT molecular complexity index is 958. The van der Waals surface area contributed by atoms with Crippen molar-refractivity contribution in [2.75, 3.05) is 0 Å². The first-order valence-electron chi connectivity index (χ1n) is 10.2. The molecular formula is C24H28ClN3O2. The van der Waals surface area contributed by atoms with Crippen molar-refractivity contribution >= 4 is 17.5 Å². The van der Waals surface area contributed by atoms with Crippen molar-refractivity contribution in [1.82, 2.24) is 15.2 Å². The van der Waals surface area contributed by atoms with Crippen LogP contribution in [0, 0.1) is 0 Å². The zero-order chi connectivity index (χ0) is 21.5. The second kappa shape index (κ2) is 10.4. The molecule has 2 aromatic carbocycles. The van der Waals surface area contributed by atoms with Crippen molar-refractivity contribution in [1.29, 1.82) is 0 Å². The number of benzene rings is 2. The van der Waals surface area contributed by atoms with Gasteiger partial charge in [0.25, 0.3) is 5.91 Å². The molecule has 1 aromatic heterocycles. The summed E-state index contributed by atoms with van der Waals surface area (Å²) in [5.41, 5.74) is 2.60. The lowest BCUT2D eigenvalue weighted by Crippen LogP contribution is -2.32. The Morgan fingerprint density at radius 3 is 2.60 bits per heavy atom. The summed E-state index contributed by atoms with van der Waals surface area (Å²) >= 11 is 6.18. The molecule has 1 amide bonds. The van der Waals surface area contributed by atoms with E-state index in [0.717, 1.165) is 12.0 Å². The highest BCUT2D eigenvalue weighted by Gasteiger charge is 2.21. The van der Waals surface area contributed by atoms with Crippen LogP contribution in [0.5, 0.6) is 0 Å². The molecule has 0 aliphatic rings. The van der Waals surface area contributed by atoms with Gasteiger partial charge in [-0.2, -0.15) is 0 Å². The van der Waals surface area contributed by atoms with E-state index in [2.05, 4.69) is 40.3 Å². The van der Waals surface area contributed by atoms with Gasteiger partial charge in [0, 0.05) is 23.7 Å². The first kappa shape index (κ1) is 22.1. The molecule has 1 heterocycles. The molecule has 5 nitrogen and oxygen atoms in total. The predicted octanol–water partition coefficient (Wildman–Crippen LogP) is 5.62. The molecule has 158 valence electrons. The Hall–Kier alpha value is -2.63. The molecule has 0 saturated heterocycles. The van der Waals surface area contributed by atoms with Crippen LogP contribution in [0.3, 0.4) is 0 Å². The molecule has 0 bridgehead atoms.